The van der Waals surface area contributed by atoms with Crippen LogP contribution in [-0.4, -0.2) is 0 Å². The maximum absolute atomic E-state index is 2.40. The molecule has 0 saturated carbocycles. The van der Waals surface area contributed by atoms with Gasteiger partial charge in [-0.3, -0.25) is 0 Å². The second-order valence-electron chi connectivity index (χ2n) is 14.5. The van der Waals surface area contributed by atoms with Crippen molar-refractivity contribution in [3.63, 3.8) is 0 Å². The van der Waals surface area contributed by atoms with Gasteiger partial charge >= 0.3 is 0 Å². The number of aryl methyl sites for hydroxylation is 4. The molecule has 0 spiro atoms. The zero-order valence-electron chi connectivity index (χ0n) is 32.3. The van der Waals surface area contributed by atoms with Gasteiger partial charge in [-0.1, -0.05) is 124 Å². The summed E-state index contributed by atoms with van der Waals surface area (Å²) < 4.78 is 0. The van der Waals surface area contributed by atoms with Gasteiger partial charge in [0.15, 0.2) is 0 Å². The average molecular weight is 705 g/mol. The molecule has 270 valence electrons. The Morgan fingerprint density at radius 1 is 0.352 bits per heavy atom. The van der Waals surface area contributed by atoms with Gasteiger partial charge in [-0.05, 0) is 157 Å². The summed E-state index contributed by atoms with van der Waals surface area (Å²) in [6.45, 7) is 8.85. The highest BCUT2D eigenvalue weighted by molar-refractivity contribution is 5.90. The van der Waals surface area contributed by atoms with E-state index in [1.807, 2.05) is 0 Å². The second kappa shape index (κ2) is 17.3. The molecule has 0 aliphatic heterocycles. The predicted molar refractivity (Wildman–Crippen MR) is 233 cm³/mol. The molecule has 0 N–H and O–H groups in total. The number of rotatable bonds is 14. The third-order valence-corrected chi connectivity index (χ3v) is 10.3. The van der Waals surface area contributed by atoms with Gasteiger partial charge in [0.1, 0.15) is 0 Å². The van der Waals surface area contributed by atoms with E-state index in [1.165, 1.54) is 70.2 Å². The average Bonchev–Trinajstić information content (AvgIpc) is 3.21. The first kappa shape index (κ1) is 36.5. The zero-order chi connectivity index (χ0) is 37.3. The molecule has 0 atom stereocenters. The van der Waals surface area contributed by atoms with Crippen LogP contribution in [0.3, 0.4) is 0 Å². The Morgan fingerprint density at radius 2 is 0.796 bits per heavy atom. The Labute approximate surface area is 323 Å². The molecular formula is C52H52N2. The molecule has 0 aromatic heterocycles. The molecule has 0 radical (unpaired) electrons. The maximum Gasteiger partial charge on any atom is 0.0468 e. The summed E-state index contributed by atoms with van der Waals surface area (Å²) in [6.07, 6.45) is 7.02. The minimum Gasteiger partial charge on any atom is -0.310 e. The Kier molecular flexibility index (Phi) is 11.7. The van der Waals surface area contributed by atoms with Crippen LogP contribution in [0.15, 0.2) is 170 Å². The Bertz CT molecular complexity index is 2270. The van der Waals surface area contributed by atoms with E-state index in [0.29, 0.717) is 0 Å². The van der Waals surface area contributed by atoms with E-state index >= 15 is 0 Å². The van der Waals surface area contributed by atoms with Crippen molar-refractivity contribution in [1.82, 2.24) is 0 Å². The minimum atomic E-state index is 1.11. The monoisotopic (exact) mass is 704 g/mol. The van der Waals surface area contributed by atoms with Crippen molar-refractivity contribution in [2.45, 2.75) is 66.2 Å². The highest BCUT2D eigenvalue weighted by Gasteiger charge is 2.19. The molecule has 0 aliphatic carbocycles. The van der Waals surface area contributed by atoms with Gasteiger partial charge in [-0.2, -0.15) is 0 Å². The van der Waals surface area contributed by atoms with Gasteiger partial charge in [0.2, 0.25) is 0 Å². The number of hydrogen-bond acceptors (Lipinski definition) is 2. The SMILES string of the molecule is CCCCc1ccc(N(c2cccc(C)c2)c2cccc(-c3cc(N(c4ccc(CCCC)cc4)c4cccc(C)c4)ccc3-c3ccccc3)c2)cc1. The minimum absolute atomic E-state index is 1.11. The summed E-state index contributed by atoms with van der Waals surface area (Å²) in [5.74, 6) is 0. The number of benzene rings is 7. The fourth-order valence-electron chi connectivity index (χ4n) is 7.41. The van der Waals surface area contributed by atoms with Crippen LogP contribution >= 0.6 is 0 Å². The van der Waals surface area contributed by atoms with Crippen molar-refractivity contribution in [3.05, 3.63) is 192 Å². The topological polar surface area (TPSA) is 6.48 Å². The number of anilines is 6. The summed E-state index contributed by atoms with van der Waals surface area (Å²) in [7, 11) is 0. The molecule has 2 nitrogen and oxygen atoms in total. The lowest BCUT2D eigenvalue weighted by Crippen LogP contribution is -2.11. The van der Waals surface area contributed by atoms with Crippen LogP contribution in [0.1, 0.15) is 61.8 Å². The fourth-order valence-corrected chi connectivity index (χ4v) is 7.41. The number of nitrogens with zero attached hydrogens (tertiary/aromatic N) is 2. The van der Waals surface area contributed by atoms with Gasteiger partial charge in [0.25, 0.3) is 0 Å². The molecule has 7 rings (SSSR count). The lowest BCUT2D eigenvalue weighted by Gasteiger charge is -2.28. The van der Waals surface area contributed by atoms with Crippen LogP contribution in [-0.2, 0) is 12.8 Å². The van der Waals surface area contributed by atoms with Crippen molar-refractivity contribution >= 4 is 34.1 Å². The van der Waals surface area contributed by atoms with Crippen molar-refractivity contribution in [2.24, 2.45) is 0 Å². The van der Waals surface area contributed by atoms with Crippen molar-refractivity contribution in [2.75, 3.05) is 9.80 Å². The third-order valence-electron chi connectivity index (χ3n) is 10.3. The molecule has 7 aromatic rings. The molecule has 54 heavy (non-hydrogen) atoms. The van der Waals surface area contributed by atoms with Crippen molar-refractivity contribution < 1.29 is 0 Å². The molecular weight excluding hydrogens is 653 g/mol. The molecule has 2 heteroatoms. The Balaban J connectivity index is 1.38. The first-order valence-electron chi connectivity index (χ1n) is 19.7. The van der Waals surface area contributed by atoms with Crippen molar-refractivity contribution in [3.8, 4) is 22.3 Å². The normalized spacial score (nSPS) is 11.0. The number of hydrogen-bond donors (Lipinski definition) is 0. The van der Waals surface area contributed by atoms with E-state index in [2.05, 4.69) is 207 Å². The quantitative estimate of drug-likeness (QED) is 0.111. The van der Waals surface area contributed by atoms with E-state index in [-0.39, 0.29) is 0 Å². The number of unbranched alkanes of at least 4 members (excludes halogenated alkanes) is 2. The lowest BCUT2D eigenvalue weighted by molar-refractivity contribution is 0.795. The van der Waals surface area contributed by atoms with Crippen LogP contribution < -0.4 is 9.80 Å². The van der Waals surface area contributed by atoms with Crippen molar-refractivity contribution in [1.29, 1.82) is 0 Å². The molecule has 0 unspecified atom stereocenters. The predicted octanol–water partition coefficient (Wildman–Crippen LogP) is 15.3. The fraction of sp³-hybridized carbons (Fsp3) is 0.192. The summed E-state index contributed by atoms with van der Waals surface area (Å²) >= 11 is 0. The molecule has 0 aliphatic rings. The van der Waals surface area contributed by atoms with Crippen LogP contribution in [0, 0.1) is 13.8 Å². The largest absolute Gasteiger partial charge is 0.310 e. The zero-order valence-corrected chi connectivity index (χ0v) is 32.3. The van der Waals surface area contributed by atoms with Gasteiger partial charge in [0.05, 0.1) is 0 Å². The highest BCUT2D eigenvalue weighted by Crippen LogP contribution is 2.43. The molecule has 0 bridgehead atoms. The Hall–Kier alpha value is -5.86. The maximum atomic E-state index is 2.40. The summed E-state index contributed by atoms with van der Waals surface area (Å²) in [5.41, 5.74) is 16.9. The van der Waals surface area contributed by atoms with E-state index in [1.54, 1.807) is 0 Å². The summed E-state index contributed by atoms with van der Waals surface area (Å²) in [5, 5.41) is 0. The first-order chi connectivity index (χ1) is 26.5. The van der Waals surface area contributed by atoms with E-state index in [0.717, 1.165) is 47.0 Å². The first-order valence-corrected chi connectivity index (χ1v) is 19.7. The van der Waals surface area contributed by atoms with E-state index < -0.39 is 0 Å². The van der Waals surface area contributed by atoms with Crippen LogP contribution in [0.5, 0.6) is 0 Å². The molecule has 0 saturated heterocycles. The van der Waals surface area contributed by atoms with Crippen LogP contribution in [0.25, 0.3) is 22.3 Å². The highest BCUT2D eigenvalue weighted by atomic mass is 15.1. The molecule has 0 heterocycles. The third kappa shape index (κ3) is 8.50. The molecule has 7 aromatic carbocycles. The Morgan fingerprint density at radius 3 is 1.30 bits per heavy atom. The summed E-state index contributed by atoms with van der Waals surface area (Å²) in [4.78, 5) is 4.79. The van der Waals surface area contributed by atoms with E-state index in [9.17, 15) is 0 Å². The van der Waals surface area contributed by atoms with Gasteiger partial charge < -0.3 is 9.80 Å². The molecule has 0 fully saturated rings. The van der Waals surface area contributed by atoms with Gasteiger partial charge in [-0.15, -0.1) is 0 Å². The lowest BCUT2D eigenvalue weighted by atomic mass is 9.93. The van der Waals surface area contributed by atoms with Crippen LogP contribution in [0.2, 0.25) is 0 Å². The van der Waals surface area contributed by atoms with Gasteiger partial charge in [0, 0.05) is 34.1 Å². The smallest absolute Gasteiger partial charge is 0.0468 e. The van der Waals surface area contributed by atoms with Crippen LogP contribution in [0.4, 0.5) is 34.1 Å². The van der Waals surface area contributed by atoms with E-state index in [4.69, 9.17) is 0 Å². The standard InChI is InChI=1S/C52H52N2/c1-5-7-17-41-25-29-45(30-26-41)53(47-22-12-15-39(3)35-47)49-24-14-21-44(37-49)52-38-50(33-34-51(52)43-19-10-9-11-20-43)54(48-23-13-16-40(4)36-48)46-31-27-42(28-32-46)18-8-6-2/h9-16,19-38H,5-8,17-18H2,1-4H3. The second-order valence-corrected chi connectivity index (χ2v) is 14.5. The molecule has 0 amide bonds. The summed E-state index contributed by atoms with van der Waals surface area (Å²) in [6, 6.07) is 62.8. The van der Waals surface area contributed by atoms with Gasteiger partial charge in [-0.25, -0.2) is 0 Å².